The molecule has 0 bridgehead atoms. The van der Waals surface area contributed by atoms with Crippen LogP contribution in [0.5, 0.6) is 5.75 Å². The second-order valence-corrected chi connectivity index (χ2v) is 5.26. The quantitative estimate of drug-likeness (QED) is 0.793. The summed E-state index contributed by atoms with van der Waals surface area (Å²) in [6, 6.07) is 13.3. The van der Waals surface area contributed by atoms with E-state index < -0.39 is 6.04 Å². The van der Waals surface area contributed by atoms with Crippen molar-refractivity contribution >= 4 is 17.5 Å². The molecule has 1 amide bonds. The normalized spacial score (nSPS) is 11.9. The topological polar surface area (TPSA) is 75.3 Å². The Balaban J connectivity index is 1.84. The van der Waals surface area contributed by atoms with E-state index >= 15 is 0 Å². The molecule has 0 aliphatic carbocycles. The third-order valence-corrected chi connectivity index (χ3v) is 3.36. The Kier molecular flexibility index (Phi) is 5.20. The number of phenolic OH excluding ortho intramolecular Hbond substituents is 1. The van der Waals surface area contributed by atoms with Gasteiger partial charge in [0.05, 0.1) is 6.04 Å². The molecule has 2 rings (SSSR count). The second-order valence-electron chi connectivity index (χ2n) is 4.82. The van der Waals surface area contributed by atoms with Crippen LogP contribution in [0.1, 0.15) is 11.1 Å². The van der Waals surface area contributed by atoms with Crippen LogP contribution >= 0.6 is 11.6 Å². The van der Waals surface area contributed by atoms with Crippen molar-refractivity contribution in [1.82, 2.24) is 5.32 Å². The number of hydrogen-bond donors (Lipinski definition) is 3. The van der Waals surface area contributed by atoms with Crippen LogP contribution < -0.4 is 11.1 Å². The third-order valence-electron chi connectivity index (χ3n) is 3.11. The minimum absolute atomic E-state index is 0.194. The fourth-order valence-electron chi connectivity index (χ4n) is 1.90. The molecule has 2 aromatic rings. The number of halogens is 1. The monoisotopic (exact) mass is 304 g/mol. The third kappa shape index (κ3) is 4.77. The summed E-state index contributed by atoms with van der Waals surface area (Å²) in [5.74, 6) is -0.0162. The van der Waals surface area contributed by atoms with E-state index in [-0.39, 0.29) is 11.7 Å². The molecular formula is C16H17ClN2O2. The van der Waals surface area contributed by atoms with Crippen LogP contribution in [0, 0.1) is 0 Å². The zero-order chi connectivity index (χ0) is 15.2. The first-order valence-electron chi connectivity index (χ1n) is 6.60. The molecule has 0 unspecified atom stereocenters. The summed E-state index contributed by atoms with van der Waals surface area (Å²) in [5, 5.41) is 12.7. The molecule has 0 fully saturated rings. The van der Waals surface area contributed by atoms with Gasteiger partial charge < -0.3 is 16.2 Å². The van der Waals surface area contributed by atoms with Crippen LogP contribution in [0.3, 0.4) is 0 Å². The molecule has 0 radical (unpaired) electrons. The Morgan fingerprint density at radius 1 is 1.10 bits per heavy atom. The maximum Gasteiger partial charge on any atom is 0.237 e. The highest BCUT2D eigenvalue weighted by Gasteiger charge is 2.13. The van der Waals surface area contributed by atoms with E-state index in [0.29, 0.717) is 18.0 Å². The standard InChI is InChI=1S/C16H17ClN2O2/c17-13-5-1-12(2-6-13)10-19-16(21)15(18)9-11-3-7-14(20)8-4-11/h1-8,15,20H,9-10,18H2,(H,19,21)/t15-/m1/s1. The lowest BCUT2D eigenvalue weighted by Crippen LogP contribution is -2.41. The fourth-order valence-corrected chi connectivity index (χ4v) is 2.03. The van der Waals surface area contributed by atoms with Crippen LogP contribution in [0.4, 0.5) is 0 Å². The molecule has 5 heteroatoms. The summed E-state index contributed by atoms with van der Waals surface area (Å²) < 4.78 is 0. The molecule has 0 heterocycles. The van der Waals surface area contributed by atoms with Crippen molar-refractivity contribution in [2.45, 2.75) is 19.0 Å². The van der Waals surface area contributed by atoms with Crippen LogP contribution in [0.25, 0.3) is 0 Å². The molecule has 0 spiro atoms. The van der Waals surface area contributed by atoms with Crippen LogP contribution in [0.15, 0.2) is 48.5 Å². The molecule has 21 heavy (non-hydrogen) atoms. The van der Waals surface area contributed by atoms with Gasteiger partial charge in [-0.1, -0.05) is 35.9 Å². The highest BCUT2D eigenvalue weighted by Crippen LogP contribution is 2.11. The molecule has 0 aliphatic rings. The van der Waals surface area contributed by atoms with Gasteiger partial charge in [-0.3, -0.25) is 4.79 Å². The number of hydrogen-bond acceptors (Lipinski definition) is 3. The largest absolute Gasteiger partial charge is 0.508 e. The number of rotatable bonds is 5. The average molecular weight is 305 g/mol. The zero-order valence-corrected chi connectivity index (χ0v) is 12.2. The van der Waals surface area contributed by atoms with E-state index in [1.54, 1.807) is 36.4 Å². The van der Waals surface area contributed by atoms with Gasteiger partial charge in [0.2, 0.25) is 5.91 Å². The average Bonchev–Trinajstić information content (AvgIpc) is 2.48. The minimum Gasteiger partial charge on any atom is -0.508 e. The van der Waals surface area contributed by atoms with Gasteiger partial charge in [-0.15, -0.1) is 0 Å². The Morgan fingerprint density at radius 2 is 1.67 bits per heavy atom. The van der Waals surface area contributed by atoms with E-state index in [1.807, 2.05) is 12.1 Å². The maximum atomic E-state index is 11.9. The Morgan fingerprint density at radius 3 is 2.29 bits per heavy atom. The molecule has 4 nitrogen and oxygen atoms in total. The summed E-state index contributed by atoms with van der Waals surface area (Å²) in [7, 11) is 0. The molecule has 110 valence electrons. The summed E-state index contributed by atoms with van der Waals surface area (Å²) in [5.41, 5.74) is 7.75. The Bertz CT molecular complexity index is 597. The lowest BCUT2D eigenvalue weighted by Gasteiger charge is -2.12. The van der Waals surface area contributed by atoms with E-state index in [1.165, 1.54) is 0 Å². The van der Waals surface area contributed by atoms with Gasteiger partial charge in [-0.25, -0.2) is 0 Å². The van der Waals surface area contributed by atoms with Crippen LogP contribution in [-0.2, 0) is 17.8 Å². The number of phenols is 1. The number of nitrogens with one attached hydrogen (secondary N) is 1. The fraction of sp³-hybridized carbons (Fsp3) is 0.188. The van der Waals surface area contributed by atoms with Crippen molar-refractivity contribution in [3.63, 3.8) is 0 Å². The number of carbonyl (C=O) groups excluding carboxylic acids is 1. The number of aromatic hydroxyl groups is 1. The molecule has 0 saturated carbocycles. The first-order valence-corrected chi connectivity index (χ1v) is 6.98. The van der Waals surface area contributed by atoms with E-state index in [0.717, 1.165) is 11.1 Å². The molecular weight excluding hydrogens is 288 g/mol. The second kappa shape index (κ2) is 7.11. The molecule has 0 saturated heterocycles. The first kappa shape index (κ1) is 15.4. The van der Waals surface area contributed by atoms with Gasteiger partial charge in [-0.2, -0.15) is 0 Å². The van der Waals surface area contributed by atoms with Crippen LogP contribution in [0.2, 0.25) is 5.02 Å². The van der Waals surface area contributed by atoms with E-state index in [9.17, 15) is 9.90 Å². The van der Waals surface area contributed by atoms with Gasteiger partial charge in [0.15, 0.2) is 0 Å². The van der Waals surface area contributed by atoms with Crippen molar-refractivity contribution in [2.24, 2.45) is 5.73 Å². The molecule has 0 aliphatic heterocycles. The summed E-state index contributed by atoms with van der Waals surface area (Å²) in [4.78, 5) is 11.9. The highest BCUT2D eigenvalue weighted by molar-refractivity contribution is 6.30. The van der Waals surface area contributed by atoms with Crippen molar-refractivity contribution in [1.29, 1.82) is 0 Å². The highest BCUT2D eigenvalue weighted by atomic mass is 35.5. The van der Waals surface area contributed by atoms with Gasteiger partial charge in [0.1, 0.15) is 5.75 Å². The number of carbonyl (C=O) groups is 1. The smallest absolute Gasteiger partial charge is 0.237 e. The van der Waals surface area contributed by atoms with E-state index in [2.05, 4.69) is 5.32 Å². The van der Waals surface area contributed by atoms with Gasteiger partial charge in [0.25, 0.3) is 0 Å². The van der Waals surface area contributed by atoms with E-state index in [4.69, 9.17) is 17.3 Å². The number of nitrogens with two attached hydrogens (primary N) is 1. The Labute approximate surface area is 128 Å². The van der Waals surface area contributed by atoms with Gasteiger partial charge in [0, 0.05) is 11.6 Å². The lowest BCUT2D eigenvalue weighted by molar-refractivity contribution is -0.122. The molecule has 4 N–H and O–H groups in total. The maximum absolute atomic E-state index is 11.9. The van der Waals surface area contributed by atoms with Gasteiger partial charge >= 0.3 is 0 Å². The van der Waals surface area contributed by atoms with Gasteiger partial charge in [-0.05, 0) is 41.8 Å². The first-order chi connectivity index (χ1) is 10.0. The predicted molar refractivity (Wildman–Crippen MR) is 83.1 cm³/mol. The summed E-state index contributed by atoms with van der Waals surface area (Å²) in [6.07, 6.45) is 0.423. The minimum atomic E-state index is -0.623. The van der Waals surface area contributed by atoms with Crippen molar-refractivity contribution < 1.29 is 9.90 Å². The molecule has 1 atom stereocenters. The zero-order valence-electron chi connectivity index (χ0n) is 11.4. The summed E-state index contributed by atoms with van der Waals surface area (Å²) >= 11 is 5.80. The van der Waals surface area contributed by atoms with Crippen molar-refractivity contribution in [3.8, 4) is 5.75 Å². The Hall–Kier alpha value is -2.04. The summed E-state index contributed by atoms with van der Waals surface area (Å²) in [6.45, 7) is 0.416. The van der Waals surface area contributed by atoms with Crippen LogP contribution in [-0.4, -0.2) is 17.1 Å². The van der Waals surface area contributed by atoms with Crippen molar-refractivity contribution in [2.75, 3.05) is 0 Å². The lowest BCUT2D eigenvalue weighted by atomic mass is 10.1. The van der Waals surface area contributed by atoms with Crippen molar-refractivity contribution in [3.05, 3.63) is 64.7 Å². The SMILES string of the molecule is N[C@H](Cc1ccc(O)cc1)C(=O)NCc1ccc(Cl)cc1. The predicted octanol–water partition coefficient (Wildman–Crippen LogP) is 2.23. The molecule has 0 aromatic heterocycles. The number of amides is 1. The number of benzene rings is 2. The molecule has 2 aromatic carbocycles.